The minimum Gasteiger partial charge on any atom is -0.486 e. The molecule has 1 aliphatic rings. The van der Waals surface area contributed by atoms with E-state index in [1.165, 1.54) is 6.92 Å². The number of amides is 1. The van der Waals surface area contributed by atoms with Gasteiger partial charge in [0.15, 0.2) is 11.5 Å². The maximum absolute atomic E-state index is 12.8. The molecule has 0 saturated heterocycles. The van der Waals surface area contributed by atoms with E-state index in [4.69, 9.17) is 14.2 Å². The molecule has 0 atom stereocenters. The maximum Gasteiger partial charge on any atom is 0.338 e. The van der Waals surface area contributed by atoms with Crippen molar-refractivity contribution >= 4 is 33.3 Å². The molecule has 0 spiro atoms. The van der Waals surface area contributed by atoms with Gasteiger partial charge in [0.1, 0.15) is 19.8 Å². The molecular formula is C22H26N2O7S. The van der Waals surface area contributed by atoms with Crippen LogP contribution in [0, 0.1) is 6.92 Å². The summed E-state index contributed by atoms with van der Waals surface area (Å²) in [7, 11) is -3.75. The number of carbonyl (C=O) groups excluding carboxylic acids is 2. The summed E-state index contributed by atoms with van der Waals surface area (Å²) in [5.74, 6) is -0.204. The first-order valence-electron chi connectivity index (χ1n) is 10.2. The van der Waals surface area contributed by atoms with Gasteiger partial charge in [-0.2, -0.15) is 0 Å². The van der Waals surface area contributed by atoms with Crippen molar-refractivity contribution in [3.63, 3.8) is 0 Å². The fraction of sp³-hybridized carbons (Fsp3) is 0.364. The van der Waals surface area contributed by atoms with Crippen molar-refractivity contribution in [3.8, 4) is 11.5 Å². The Kier molecular flexibility index (Phi) is 7.24. The van der Waals surface area contributed by atoms with Crippen LogP contribution in [0.25, 0.3) is 0 Å². The normalized spacial score (nSPS) is 12.7. The SMILES string of the molecule is CCOC(=O)c1ccc(NC(=O)CN(c2ccc3c(c2)OCCO3)S(=O)(=O)CC)c(C)c1. The van der Waals surface area contributed by atoms with Gasteiger partial charge < -0.3 is 19.5 Å². The molecule has 1 aliphatic heterocycles. The number of anilines is 2. The Hall–Kier alpha value is -3.27. The van der Waals surface area contributed by atoms with Crippen LogP contribution in [0.15, 0.2) is 36.4 Å². The lowest BCUT2D eigenvalue weighted by molar-refractivity contribution is -0.114. The van der Waals surface area contributed by atoms with Gasteiger partial charge in [-0.1, -0.05) is 0 Å². The number of carbonyl (C=O) groups is 2. The second kappa shape index (κ2) is 9.90. The molecule has 172 valence electrons. The Bertz CT molecular complexity index is 1120. The van der Waals surface area contributed by atoms with Gasteiger partial charge in [0.05, 0.1) is 23.6 Å². The van der Waals surface area contributed by atoms with E-state index in [0.717, 1.165) is 4.31 Å². The Morgan fingerprint density at radius 2 is 1.78 bits per heavy atom. The van der Waals surface area contributed by atoms with Gasteiger partial charge in [0.2, 0.25) is 15.9 Å². The molecule has 2 aromatic rings. The number of aryl methyl sites for hydroxylation is 1. The molecule has 3 rings (SSSR count). The van der Waals surface area contributed by atoms with Crippen LogP contribution in [-0.4, -0.2) is 52.4 Å². The predicted octanol–water partition coefficient (Wildman–Crippen LogP) is 2.74. The zero-order valence-corrected chi connectivity index (χ0v) is 19.0. The Labute approximate surface area is 187 Å². The monoisotopic (exact) mass is 462 g/mol. The summed E-state index contributed by atoms with van der Waals surface area (Å²) < 4.78 is 42.5. The van der Waals surface area contributed by atoms with E-state index >= 15 is 0 Å². The average Bonchev–Trinajstić information content (AvgIpc) is 2.78. The first-order chi connectivity index (χ1) is 15.2. The van der Waals surface area contributed by atoms with Crippen molar-refractivity contribution in [2.75, 3.05) is 41.7 Å². The minimum absolute atomic E-state index is 0.179. The number of hydrogen-bond donors (Lipinski definition) is 1. The Morgan fingerprint density at radius 3 is 2.44 bits per heavy atom. The lowest BCUT2D eigenvalue weighted by Crippen LogP contribution is -2.39. The van der Waals surface area contributed by atoms with E-state index in [9.17, 15) is 18.0 Å². The average molecular weight is 463 g/mol. The number of ether oxygens (including phenoxy) is 3. The number of nitrogens with zero attached hydrogens (tertiary/aromatic N) is 1. The van der Waals surface area contributed by atoms with E-state index in [2.05, 4.69) is 5.32 Å². The summed E-state index contributed by atoms with van der Waals surface area (Å²) in [5.41, 5.74) is 1.79. The van der Waals surface area contributed by atoms with Crippen LogP contribution >= 0.6 is 0 Å². The maximum atomic E-state index is 12.8. The third-order valence-corrected chi connectivity index (χ3v) is 6.55. The Balaban J connectivity index is 1.80. The number of rotatable bonds is 8. The summed E-state index contributed by atoms with van der Waals surface area (Å²) in [6.07, 6.45) is 0. The zero-order chi connectivity index (χ0) is 23.3. The smallest absolute Gasteiger partial charge is 0.338 e. The molecule has 10 heteroatoms. The molecule has 1 N–H and O–H groups in total. The molecule has 1 amide bonds. The fourth-order valence-corrected chi connectivity index (χ4v) is 4.22. The van der Waals surface area contributed by atoms with Crippen LogP contribution in [0.1, 0.15) is 29.8 Å². The first kappa shape index (κ1) is 23.4. The molecule has 0 aliphatic carbocycles. The van der Waals surface area contributed by atoms with Crippen LogP contribution in [0.5, 0.6) is 11.5 Å². The van der Waals surface area contributed by atoms with Crippen molar-refractivity contribution in [1.29, 1.82) is 0 Å². The van der Waals surface area contributed by atoms with Crippen molar-refractivity contribution in [2.24, 2.45) is 0 Å². The quantitative estimate of drug-likeness (QED) is 0.601. The summed E-state index contributed by atoms with van der Waals surface area (Å²) in [4.78, 5) is 24.6. The van der Waals surface area contributed by atoms with Crippen molar-refractivity contribution in [1.82, 2.24) is 0 Å². The van der Waals surface area contributed by atoms with Gasteiger partial charge >= 0.3 is 5.97 Å². The van der Waals surface area contributed by atoms with E-state index in [0.29, 0.717) is 47.2 Å². The van der Waals surface area contributed by atoms with Crippen LogP contribution in [-0.2, 0) is 19.6 Å². The van der Waals surface area contributed by atoms with Crippen LogP contribution in [0.3, 0.4) is 0 Å². The first-order valence-corrected chi connectivity index (χ1v) is 11.8. The van der Waals surface area contributed by atoms with E-state index in [1.807, 2.05) is 0 Å². The van der Waals surface area contributed by atoms with Gasteiger partial charge in [0.25, 0.3) is 0 Å². The molecule has 0 saturated carbocycles. The number of hydrogen-bond acceptors (Lipinski definition) is 7. The van der Waals surface area contributed by atoms with Crippen molar-refractivity contribution < 1.29 is 32.2 Å². The Morgan fingerprint density at radius 1 is 1.06 bits per heavy atom. The van der Waals surface area contributed by atoms with Gasteiger partial charge in [-0.25, -0.2) is 13.2 Å². The lowest BCUT2D eigenvalue weighted by atomic mass is 10.1. The molecule has 9 nitrogen and oxygen atoms in total. The molecule has 0 radical (unpaired) electrons. The second-order valence-electron chi connectivity index (χ2n) is 7.03. The highest BCUT2D eigenvalue weighted by atomic mass is 32.2. The number of benzene rings is 2. The van der Waals surface area contributed by atoms with Gasteiger partial charge in [-0.05, 0) is 56.7 Å². The van der Waals surface area contributed by atoms with E-state index in [-0.39, 0.29) is 12.4 Å². The summed E-state index contributed by atoms with van der Waals surface area (Å²) in [6, 6.07) is 9.49. The highest BCUT2D eigenvalue weighted by Gasteiger charge is 2.25. The van der Waals surface area contributed by atoms with E-state index < -0.39 is 28.4 Å². The standard InChI is InChI=1S/C22H26N2O7S/c1-4-29-22(26)16-6-8-18(15(3)12-16)23-21(25)14-24(32(27,28)5-2)17-7-9-19-20(13-17)31-11-10-30-19/h6-9,12-13H,4-5,10-11,14H2,1-3H3,(H,23,25). The minimum atomic E-state index is -3.75. The van der Waals surface area contributed by atoms with Gasteiger partial charge in [0, 0.05) is 11.8 Å². The topological polar surface area (TPSA) is 111 Å². The molecule has 32 heavy (non-hydrogen) atoms. The van der Waals surface area contributed by atoms with E-state index in [1.54, 1.807) is 50.2 Å². The van der Waals surface area contributed by atoms with Crippen LogP contribution in [0.2, 0.25) is 0 Å². The van der Waals surface area contributed by atoms with Crippen LogP contribution < -0.4 is 19.1 Å². The molecule has 0 aromatic heterocycles. The molecule has 1 heterocycles. The number of nitrogens with one attached hydrogen (secondary N) is 1. The number of sulfonamides is 1. The predicted molar refractivity (Wildman–Crippen MR) is 120 cm³/mol. The lowest BCUT2D eigenvalue weighted by Gasteiger charge is -2.25. The highest BCUT2D eigenvalue weighted by molar-refractivity contribution is 7.92. The van der Waals surface area contributed by atoms with Gasteiger partial charge in [-0.15, -0.1) is 0 Å². The van der Waals surface area contributed by atoms with Crippen molar-refractivity contribution in [3.05, 3.63) is 47.5 Å². The van der Waals surface area contributed by atoms with Crippen LogP contribution in [0.4, 0.5) is 11.4 Å². The molecule has 0 fully saturated rings. The molecule has 2 aromatic carbocycles. The summed E-state index contributed by atoms with van der Waals surface area (Å²) in [6.45, 7) is 5.58. The van der Waals surface area contributed by atoms with Gasteiger partial charge in [-0.3, -0.25) is 9.10 Å². The molecule has 0 unspecified atom stereocenters. The van der Waals surface area contributed by atoms with Crippen molar-refractivity contribution in [2.45, 2.75) is 20.8 Å². The molecule has 0 bridgehead atoms. The third-order valence-electron chi connectivity index (χ3n) is 4.81. The highest BCUT2D eigenvalue weighted by Crippen LogP contribution is 2.34. The largest absolute Gasteiger partial charge is 0.486 e. The second-order valence-corrected chi connectivity index (χ2v) is 9.22. The summed E-state index contributed by atoms with van der Waals surface area (Å²) >= 11 is 0. The zero-order valence-electron chi connectivity index (χ0n) is 18.2. The third kappa shape index (κ3) is 5.31. The molecular weight excluding hydrogens is 436 g/mol. The summed E-state index contributed by atoms with van der Waals surface area (Å²) in [5, 5.41) is 2.71. The number of esters is 1. The number of fused-ring (bicyclic) bond motifs is 1. The fourth-order valence-electron chi connectivity index (χ4n) is 3.16.